The van der Waals surface area contributed by atoms with Crippen molar-refractivity contribution in [1.82, 2.24) is 15.5 Å². The summed E-state index contributed by atoms with van der Waals surface area (Å²) < 4.78 is 5.29. The summed E-state index contributed by atoms with van der Waals surface area (Å²) in [6, 6.07) is 0.149. The van der Waals surface area contributed by atoms with Crippen LogP contribution in [0, 0.1) is 0 Å². The van der Waals surface area contributed by atoms with Gasteiger partial charge < -0.3 is 15.8 Å². The number of nitrogens with two attached hydrogens (primary N) is 1. The third kappa shape index (κ3) is 2.89. The fourth-order valence-electron chi connectivity index (χ4n) is 2.52. The number of nitrogens with one attached hydrogen (secondary N) is 2. The molecular formula is C13H22N4O2. The second-order valence-corrected chi connectivity index (χ2v) is 5.40. The summed E-state index contributed by atoms with van der Waals surface area (Å²) in [7, 11) is 1.70. The van der Waals surface area contributed by atoms with Gasteiger partial charge in [-0.15, -0.1) is 0 Å². The van der Waals surface area contributed by atoms with Crippen LogP contribution in [0.15, 0.2) is 0 Å². The van der Waals surface area contributed by atoms with E-state index in [4.69, 9.17) is 10.5 Å². The van der Waals surface area contributed by atoms with Gasteiger partial charge in [0.25, 0.3) is 5.91 Å². The Morgan fingerprint density at radius 2 is 2.26 bits per heavy atom. The molecule has 1 fully saturated rings. The molecule has 4 N–H and O–H groups in total. The van der Waals surface area contributed by atoms with Crippen molar-refractivity contribution in [3.8, 4) is 0 Å². The number of aromatic amines is 1. The van der Waals surface area contributed by atoms with Gasteiger partial charge in [-0.25, -0.2) is 0 Å². The molecule has 19 heavy (non-hydrogen) atoms. The average molecular weight is 266 g/mol. The summed E-state index contributed by atoms with van der Waals surface area (Å²) in [5.41, 5.74) is 7.51. The van der Waals surface area contributed by atoms with Crippen LogP contribution in [0.4, 0.5) is 5.69 Å². The van der Waals surface area contributed by atoms with Crippen LogP contribution < -0.4 is 11.1 Å². The molecule has 0 bridgehead atoms. The molecule has 6 heteroatoms. The van der Waals surface area contributed by atoms with Crippen LogP contribution in [0.2, 0.25) is 0 Å². The molecule has 1 aliphatic rings. The molecule has 1 aromatic rings. The number of rotatable bonds is 4. The normalized spacial score (nSPS) is 22.9. The molecule has 0 aromatic carbocycles. The van der Waals surface area contributed by atoms with Gasteiger partial charge in [0, 0.05) is 13.2 Å². The largest absolute Gasteiger partial charge is 0.395 e. The molecule has 1 saturated carbocycles. The Balaban J connectivity index is 2.01. The SMILES string of the molecule is COC1CCC(NC(=O)c2n[nH]c(C(C)C)c2N)C1. The van der Waals surface area contributed by atoms with Gasteiger partial charge in [0.05, 0.1) is 17.5 Å². The third-order valence-electron chi connectivity index (χ3n) is 3.68. The summed E-state index contributed by atoms with van der Waals surface area (Å²) in [4.78, 5) is 12.1. The average Bonchev–Trinajstić information content (AvgIpc) is 2.95. The number of hydrogen-bond donors (Lipinski definition) is 3. The Morgan fingerprint density at radius 1 is 1.53 bits per heavy atom. The molecular weight excluding hydrogens is 244 g/mol. The third-order valence-corrected chi connectivity index (χ3v) is 3.68. The molecule has 2 rings (SSSR count). The number of aromatic nitrogens is 2. The quantitative estimate of drug-likeness (QED) is 0.768. The van der Waals surface area contributed by atoms with E-state index in [1.807, 2.05) is 13.8 Å². The van der Waals surface area contributed by atoms with Crippen molar-refractivity contribution in [2.45, 2.75) is 51.2 Å². The minimum absolute atomic E-state index is 0.149. The number of carbonyl (C=O) groups excluding carboxylic acids is 1. The van der Waals surface area contributed by atoms with Crippen molar-refractivity contribution in [3.63, 3.8) is 0 Å². The Hall–Kier alpha value is -1.56. The van der Waals surface area contributed by atoms with E-state index >= 15 is 0 Å². The van der Waals surface area contributed by atoms with Crippen molar-refractivity contribution in [1.29, 1.82) is 0 Å². The summed E-state index contributed by atoms with van der Waals surface area (Å²) in [6.45, 7) is 4.01. The zero-order valence-electron chi connectivity index (χ0n) is 11.7. The lowest BCUT2D eigenvalue weighted by molar-refractivity contribution is 0.0911. The molecule has 1 aliphatic carbocycles. The Kier molecular flexibility index (Phi) is 4.09. The summed E-state index contributed by atoms with van der Waals surface area (Å²) in [6.07, 6.45) is 3.01. The lowest BCUT2D eigenvalue weighted by Gasteiger charge is -2.12. The first-order valence-corrected chi connectivity index (χ1v) is 6.70. The zero-order valence-corrected chi connectivity index (χ0v) is 11.7. The fraction of sp³-hybridized carbons (Fsp3) is 0.692. The highest BCUT2D eigenvalue weighted by atomic mass is 16.5. The topological polar surface area (TPSA) is 93.0 Å². The Labute approximate surface area is 113 Å². The maximum Gasteiger partial charge on any atom is 0.274 e. The van der Waals surface area contributed by atoms with E-state index in [1.54, 1.807) is 7.11 Å². The van der Waals surface area contributed by atoms with Gasteiger partial charge in [-0.1, -0.05) is 13.8 Å². The van der Waals surface area contributed by atoms with Crippen LogP contribution >= 0.6 is 0 Å². The van der Waals surface area contributed by atoms with Gasteiger partial charge in [0.1, 0.15) is 0 Å². The minimum atomic E-state index is -0.206. The lowest BCUT2D eigenvalue weighted by Crippen LogP contribution is -2.34. The second kappa shape index (κ2) is 5.61. The van der Waals surface area contributed by atoms with Crippen molar-refractivity contribution in [2.24, 2.45) is 0 Å². The van der Waals surface area contributed by atoms with Crippen LogP contribution in [0.5, 0.6) is 0 Å². The number of ether oxygens (including phenoxy) is 1. The monoisotopic (exact) mass is 266 g/mol. The zero-order chi connectivity index (χ0) is 14.0. The molecule has 1 amide bonds. The molecule has 1 heterocycles. The van der Waals surface area contributed by atoms with E-state index in [0.29, 0.717) is 11.4 Å². The standard InChI is InChI=1S/C13H22N4O2/c1-7(2)11-10(14)12(17-16-11)13(18)15-8-4-5-9(6-8)19-3/h7-9H,4-6,14H2,1-3H3,(H,15,18)(H,16,17). The molecule has 0 aliphatic heterocycles. The van der Waals surface area contributed by atoms with Gasteiger partial charge in [-0.3, -0.25) is 9.89 Å². The molecule has 0 saturated heterocycles. The van der Waals surface area contributed by atoms with E-state index < -0.39 is 0 Å². The summed E-state index contributed by atoms with van der Waals surface area (Å²) in [5.74, 6) is 0.0146. The second-order valence-electron chi connectivity index (χ2n) is 5.40. The molecule has 1 aromatic heterocycles. The Bertz CT molecular complexity index is 455. The highest BCUT2D eigenvalue weighted by Gasteiger charge is 2.27. The van der Waals surface area contributed by atoms with E-state index in [9.17, 15) is 4.79 Å². The maximum atomic E-state index is 12.1. The number of carbonyl (C=O) groups is 1. The first-order chi connectivity index (χ1) is 9.02. The number of H-pyrrole nitrogens is 1. The van der Waals surface area contributed by atoms with Gasteiger partial charge in [0.15, 0.2) is 5.69 Å². The van der Waals surface area contributed by atoms with Gasteiger partial charge >= 0.3 is 0 Å². The number of methoxy groups -OCH3 is 1. The van der Waals surface area contributed by atoms with Gasteiger partial charge in [-0.05, 0) is 25.2 Å². The van der Waals surface area contributed by atoms with Crippen LogP contribution in [-0.4, -0.2) is 35.4 Å². The lowest BCUT2D eigenvalue weighted by atomic mass is 10.1. The fourth-order valence-corrected chi connectivity index (χ4v) is 2.52. The van der Waals surface area contributed by atoms with Crippen molar-refractivity contribution in [3.05, 3.63) is 11.4 Å². The van der Waals surface area contributed by atoms with Crippen molar-refractivity contribution < 1.29 is 9.53 Å². The van der Waals surface area contributed by atoms with Gasteiger partial charge in [-0.2, -0.15) is 5.10 Å². The number of amides is 1. The van der Waals surface area contributed by atoms with Gasteiger partial charge in [0.2, 0.25) is 0 Å². The number of anilines is 1. The first-order valence-electron chi connectivity index (χ1n) is 6.70. The molecule has 2 unspecified atom stereocenters. The van der Waals surface area contributed by atoms with E-state index in [2.05, 4.69) is 15.5 Å². The van der Waals surface area contributed by atoms with Crippen molar-refractivity contribution in [2.75, 3.05) is 12.8 Å². The van der Waals surface area contributed by atoms with Crippen LogP contribution in [-0.2, 0) is 4.74 Å². The summed E-state index contributed by atoms with van der Waals surface area (Å²) >= 11 is 0. The number of nitrogen functional groups attached to an aromatic ring is 1. The van der Waals surface area contributed by atoms with Crippen molar-refractivity contribution >= 4 is 11.6 Å². The molecule has 0 spiro atoms. The van der Waals surface area contributed by atoms with Crippen LogP contribution in [0.25, 0.3) is 0 Å². The Morgan fingerprint density at radius 3 is 2.79 bits per heavy atom. The molecule has 2 atom stereocenters. The maximum absolute atomic E-state index is 12.1. The predicted octanol–water partition coefficient (Wildman–Crippen LogP) is 1.41. The van der Waals surface area contributed by atoms with E-state index in [-0.39, 0.29) is 24.0 Å². The summed E-state index contributed by atoms with van der Waals surface area (Å²) in [5, 5.41) is 9.83. The van der Waals surface area contributed by atoms with Crippen LogP contribution in [0.1, 0.15) is 55.2 Å². The van der Waals surface area contributed by atoms with Crippen LogP contribution in [0.3, 0.4) is 0 Å². The molecule has 0 radical (unpaired) electrons. The minimum Gasteiger partial charge on any atom is -0.395 e. The van der Waals surface area contributed by atoms with E-state index in [0.717, 1.165) is 25.0 Å². The highest BCUT2D eigenvalue weighted by Crippen LogP contribution is 2.24. The molecule has 6 nitrogen and oxygen atoms in total. The predicted molar refractivity (Wildman–Crippen MR) is 73.0 cm³/mol. The smallest absolute Gasteiger partial charge is 0.274 e. The number of nitrogens with zero attached hydrogens (tertiary/aromatic N) is 1. The highest BCUT2D eigenvalue weighted by molar-refractivity contribution is 5.97. The molecule has 106 valence electrons. The first kappa shape index (κ1) is 13.9. The van der Waals surface area contributed by atoms with E-state index in [1.165, 1.54) is 0 Å². The number of hydrogen-bond acceptors (Lipinski definition) is 4.